The van der Waals surface area contributed by atoms with Crippen molar-refractivity contribution in [1.82, 2.24) is 0 Å². The van der Waals surface area contributed by atoms with Gasteiger partial charge in [0.15, 0.2) is 18.2 Å². The molecule has 1 N–H and O–H groups in total. The van der Waals surface area contributed by atoms with Crippen molar-refractivity contribution in [3.63, 3.8) is 0 Å². The summed E-state index contributed by atoms with van der Waals surface area (Å²) >= 11 is 0. The van der Waals surface area contributed by atoms with E-state index >= 15 is 0 Å². The number of carbonyl (C=O) groups is 1. The van der Waals surface area contributed by atoms with Crippen LogP contribution in [0.4, 0.5) is 20.2 Å². The zero-order valence-electron chi connectivity index (χ0n) is 11.1. The predicted octanol–water partition coefficient (Wildman–Crippen LogP) is 2.89. The molecular weight excluding hydrogens is 298 g/mol. The van der Waals surface area contributed by atoms with Crippen molar-refractivity contribution in [3.8, 4) is 5.75 Å². The Bertz CT molecular complexity index is 722. The van der Waals surface area contributed by atoms with Gasteiger partial charge < -0.3 is 10.1 Å². The molecule has 2 aromatic rings. The van der Waals surface area contributed by atoms with Gasteiger partial charge in [-0.25, -0.2) is 8.78 Å². The number of hydrogen-bond acceptors (Lipinski definition) is 4. The summed E-state index contributed by atoms with van der Waals surface area (Å²) in [6, 6.07) is 8.02. The maximum atomic E-state index is 13.3. The first-order valence-electron chi connectivity index (χ1n) is 6.08. The van der Waals surface area contributed by atoms with Crippen molar-refractivity contribution in [2.45, 2.75) is 0 Å². The summed E-state index contributed by atoms with van der Waals surface area (Å²) < 4.78 is 30.9. The first kappa shape index (κ1) is 15.4. The second kappa shape index (κ2) is 6.61. The van der Waals surface area contributed by atoms with E-state index in [0.717, 1.165) is 12.1 Å². The van der Waals surface area contributed by atoms with Gasteiger partial charge in [-0.15, -0.1) is 0 Å². The Hall–Kier alpha value is -3.03. The maximum absolute atomic E-state index is 13.3. The number of non-ortho nitro benzene ring substituents is 1. The van der Waals surface area contributed by atoms with Crippen molar-refractivity contribution in [1.29, 1.82) is 0 Å². The van der Waals surface area contributed by atoms with Crippen molar-refractivity contribution >= 4 is 17.3 Å². The summed E-state index contributed by atoms with van der Waals surface area (Å²) in [6.45, 7) is -0.523. The molecule has 6 nitrogen and oxygen atoms in total. The number of nitro groups is 1. The fourth-order valence-corrected chi connectivity index (χ4v) is 1.63. The van der Waals surface area contributed by atoms with Crippen LogP contribution in [0.25, 0.3) is 0 Å². The zero-order chi connectivity index (χ0) is 16.1. The van der Waals surface area contributed by atoms with Crippen LogP contribution < -0.4 is 10.1 Å². The molecule has 0 saturated carbocycles. The Kier molecular flexibility index (Phi) is 4.62. The maximum Gasteiger partial charge on any atom is 0.271 e. The fourth-order valence-electron chi connectivity index (χ4n) is 1.63. The lowest BCUT2D eigenvalue weighted by molar-refractivity contribution is -0.384. The van der Waals surface area contributed by atoms with Crippen LogP contribution in [0.15, 0.2) is 42.5 Å². The molecule has 0 aromatic heterocycles. The van der Waals surface area contributed by atoms with Crippen LogP contribution >= 0.6 is 0 Å². The highest BCUT2D eigenvalue weighted by atomic mass is 19.1. The Balaban J connectivity index is 1.95. The first-order chi connectivity index (χ1) is 10.5. The van der Waals surface area contributed by atoms with Crippen molar-refractivity contribution in [3.05, 3.63) is 64.2 Å². The van der Waals surface area contributed by atoms with Gasteiger partial charge in [-0.3, -0.25) is 14.9 Å². The minimum atomic E-state index is -0.928. The number of hydrogen-bond donors (Lipinski definition) is 1. The Labute approximate surface area is 123 Å². The highest BCUT2D eigenvalue weighted by Gasteiger charge is 2.10. The molecule has 8 heteroatoms. The van der Waals surface area contributed by atoms with Crippen LogP contribution in [0.3, 0.4) is 0 Å². The second-order valence-electron chi connectivity index (χ2n) is 4.22. The van der Waals surface area contributed by atoms with Gasteiger partial charge in [-0.1, -0.05) is 6.07 Å². The molecule has 0 saturated heterocycles. The van der Waals surface area contributed by atoms with E-state index in [9.17, 15) is 23.7 Å². The lowest BCUT2D eigenvalue weighted by Crippen LogP contribution is -2.20. The number of carbonyl (C=O) groups excluding carboxylic acids is 1. The Morgan fingerprint density at radius 3 is 2.68 bits per heavy atom. The molecule has 0 bridgehead atoms. The van der Waals surface area contributed by atoms with Crippen LogP contribution in [0.2, 0.25) is 0 Å². The number of ether oxygens (including phenoxy) is 1. The quantitative estimate of drug-likeness (QED) is 0.680. The van der Waals surface area contributed by atoms with E-state index in [0.29, 0.717) is 6.07 Å². The van der Waals surface area contributed by atoms with E-state index in [4.69, 9.17) is 4.74 Å². The molecule has 114 valence electrons. The van der Waals surface area contributed by atoms with Crippen molar-refractivity contribution < 1.29 is 23.2 Å². The number of nitrogens with one attached hydrogen (secondary N) is 1. The number of benzene rings is 2. The Morgan fingerprint density at radius 1 is 1.23 bits per heavy atom. The molecule has 0 unspecified atom stereocenters. The minimum absolute atomic E-state index is 0.178. The average molecular weight is 308 g/mol. The molecule has 0 spiro atoms. The number of nitrogens with zero attached hydrogens (tertiary/aromatic N) is 1. The number of amides is 1. The predicted molar refractivity (Wildman–Crippen MR) is 73.6 cm³/mol. The SMILES string of the molecule is O=C(COc1ccc(F)cc1F)Nc1cccc([N+](=O)[O-])c1. The highest BCUT2D eigenvalue weighted by Crippen LogP contribution is 2.19. The van der Waals surface area contributed by atoms with E-state index in [1.165, 1.54) is 24.3 Å². The summed E-state index contributed by atoms with van der Waals surface area (Å²) in [7, 11) is 0. The molecule has 2 rings (SSSR count). The van der Waals surface area contributed by atoms with Gasteiger partial charge in [-0.2, -0.15) is 0 Å². The van der Waals surface area contributed by atoms with Crippen molar-refractivity contribution in [2.75, 3.05) is 11.9 Å². The number of nitro benzene ring substituents is 1. The number of halogens is 2. The monoisotopic (exact) mass is 308 g/mol. The van der Waals surface area contributed by atoms with Gasteiger partial charge in [0.2, 0.25) is 0 Å². The molecule has 0 atom stereocenters. The van der Waals surface area contributed by atoms with Gasteiger partial charge in [0.1, 0.15) is 5.82 Å². The summed E-state index contributed by atoms with van der Waals surface area (Å²) in [4.78, 5) is 21.7. The van der Waals surface area contributed by atoms with Crippen LogP contribution in [-0.2, 0) is 4.79 Å². The molecule has 0 radical (unpaired) electrons. The molecule has 0 heterocycles. The third-order valence-corrected chi connectivity index (χ3v) is 2.59. The van der Waals surface area contributed by atoms with Gasteiger partial charge in [-0.05, 0) is 18.2 Å². The van der Waals surface area contributed by atoms with Crippen molar-refractivity contribution in [2.24, 2.45) is 0 Å². The molecule has 0 aliphatic heterocycles. The fraction of sp³-hybridized carbons (Fsp3) is 0.0714. The van der Waals surface area contributed by atoms with Gasteiger partial charge in [0.25, 0.3) is 11.6 Å². The Morgan fingerprint density at radius 2 is 2.00 bits per heavy atom. The lowest BCUT2D eigenvalue weighted by atomic mass is 10.3. The molecule has 22 heavy (non-hydrogen) atoms. The van der Waals surface area contributed by atoms with E-state index in [2.05, 4.69) is 5.32 Å². The van der Waals surface area contributed by atoms with E-state index in [-0.39, 0.29) is 17.1 Å². The van der Waals surface area contributed by atoms with Crippen LogP contribution in [0.5, 0.6) is 5.75 Å². The third kappa shape index (κ3) is 3.98. The minimum Gasteiger partial charge on any atom is -0.481 e. The van der Waals surface area contributed by atoms with E-state index in [1.54, 1.807) is 0 Å². The van der Waals surface area contributed by atoms with Crippen LogP contribution in [0.1, 0.15) is 0 Å². The first-order valence-corrected chi connectivity index (χ1v) is 6.08. The lowest BCUT2D eigenvalue weighted by Gasteiger charge is -2.08. The van der Waals surface area contributed by atoms with Gasteiger partial charge in [0.05, 0.1) is 4.92 Å². The molecule has 2 aromatic carbocycles. The third-order valence-electron chi connectivity index (χ3n) is 2.59. The number of rotatable bonds is 5. The average Bonchev–Trinajstić information content (AvgIpc) is 2.46. The zero-order valence-corrected chi connectivity index (χ0v) is 11.1. The van der Waals surface area contributed by atoms with E-state index < -0.39 is 29.1 Å². The summed E-state index contributed by atoms with van der Waals surface area (Å²) in [5.41, 5.74) is 0.0330. The molecule has 1 amide bonds. The smallest absolute Gasteiger partial charge is 0.271 e. The second-order valence-corrected chi connectivity index (χ2v) is 4.22. The molecular formula is C14H10F2N2O4. The molecule has 0 fully saturated rings. The highest BCUT2D eigenvalue weighted by molar-refractivity contribution is 5.92. The standard InChI is InChI=1S/C14H10F2N2O4/c15-9-4-5-13(12(16)6-9)22-8-14(19)17-10-2-1-3-11(7-10)18(20)21/h1-7H,8H2,(H,17,19). The van der Waals surface area contributed by atoms with Gasteiger partial charge in [0, 0.05) is 23.9 Å². The summed E-state index contributed by atoms with van der Waals surface area (Å²) in [6.07, 6.45) is 0. The summed E-state index contributed by atoms with van der Waals surface area (Å²) in [5, 5.41) is 13.0. The van der Waals surface area contributed by atoms with Gasteiger partial charge >= 0.3 is 0 Å². The number of anilines is 1. The molecule has 0 aliphatic carbocycles. The van der Waals surface area contributed by atoms with Crippen LogP contribution in [-0.4, -0.2) is 17.4 Å². The van der Waals surface area contributed by atoms with Crippen LogP contribution in [0, 0.1) is 21.7 Å². The largest absolute Gasteiger partial charge is 0.481 e. The topological polar surface area (TPSA) is 81.5 Å². The van der Waals surface area contributed by atoms with E-state index in [1.807, 2.05) is 0 Å². The summed E-state index contributed by atoms with van der Waals surface area (Å²) in [5.74, 6) is -2.59. The normalized spacial score (nSPS) is 10.1. The molecule has 0 aliphatic rings.